The quantitative estimate of drug-likeness (QED) is 0.781. The van der Waals surface area contributed by atoms with Crippen LogP contribution < -0.4 is 10.6 Å². The Morgan fingerprint density at radius 1 is 1.55 bits per heavy atom. The number of nitrogens with one attached hydrogen (secondary N) is 2. The molecule has 1 unspecified atom stereocenters. The molecule has 1 atom stereocenters. The predicted molar refractivity (Wildman–Crippen MR) is 83.5 cm³/mol. The maximum Gasteiger partial charge on any atom is 0.315 e. The fourth-order valence-electron chi connectivity index (χ4n) is 1.83. The van der Waals surface area contributed by atoms with Crippen LogP contribution in [-0.2, 0) is 6.54 Å². The van der Waals surface area contributed by atoms with Crippen LogP contribution in [0.25, 0.3) is 0 Å². The zero-order chi connectivity index (χ0) is 16.1. The number of carbonyl (C=O) groups excluding carboxylic acids is 1. The number of benzene rings is 1. The minimum absolute atomic E-state index is 0.00874. The molecule has 1 heterocycles. The summed E-state index contributed by atoms with van der Waals surface area (Å²) in [6.45, 7) is 1.85. The van der Waals surface area contributed by atoms with Crippen molar-refractivity contribution >= 4 is 29.0 Å². The minimum atomic E-state index is -0.714. The van der Waals surface area contributed by atoms with Gasteiger partial charge < -0.3 is 15.7 Å². The van der Waals surface area contributed by atoms with E-state index >= 15 is 0 Å². The number of halogens is 2. The Kier molecular flexibility index (Phi) is 5.70. The summed E-state index contributed by atoms with van der Waals surface area (Å²) in [5, 5.41) is 14.6. The highest BCUT2D eigenvalue weighted by Gasteiger charge is 2.15. The highest BCUT2D eigenvalue weighted by Crippen LogP contribution is 2.20. The number of nitrogens with zero attached hydrogens (tertiary/aromatic N) is 1. The molecule has 3 N–H and O–H groups in total. The summed E-state index contributed by atoms with van der Waals surface area (Å²) in [6, 6.07) is 2.96. The van der Waals surface area contributed by atoms with Crippen molar-refractivity contribution in [3.05, 3.63) is 50.7 Å². The van der Waals surface area contributed by atoms with Gasteiger partial charge in [0, 0.05) is 4.88 Å². The summed E-state index contributed by atoms with van der Waals surface area (Å²) in [4.78, 5) is 16.9. The molecule has 1 aromatic carbocycles. The fraction of sp³-hybridized carbons (Fsp3) is 0.286. The zero-order valence-electron chi connectivity index (χ0n) is 11.8. The number of aryl methyl sites for hydroxylation is 1. The molecule has 1 aromatic heterocycles. The van der Waals surface area contributed by atoms with Crippen LogP contribution in [0.3, 0.4) is 0 Å². The third kappa shape index (κ3) is 4.16. The van der Waals surface area contributed by atoms with Gasteiger partial charge in [-0.2, -0.15) is 0 Å². The summed E-state index contributed by atoms with van der Waals surface area (Å²) >= 11 is 7.06. The molecule has 0 bridgehead atoms. The number of urea groups is 1. The van der Waals surface area contributed by atoms with E-state index in [1.165, 1.54) is 23.5 Å². The molecular formula is C14H15ClFN3O2S. The second-order valence-electron chi connectivity index (χ2n) is 4.60. The summed E-state index contributed by atoms with van der Waals surface area (Å²) in [5.41, 5.74) is 3.01. The van der Waals surface area contributed by atoms with Gasteiger partial charge in [0.1, 0.15) is 5.82 Å². The van der Waals surface area contributed by atoms with Crippen molar-refractivity contribution in [2.45, 2.75) is 19.5 Å². The van der Waals surface area contributed by atoms with Gasteiger partial charge in [-0.3, -0.25) is 0 Å². The Hall–Kier alpha value is -1.70. The van der Waals surface area contributed by atoms with Crippen LogP contribution in [0.1, 0.15) is 22.2 Å². The summed E-state index contributed by atoms with van der Waals surface area (Å²) in [5.74, 6) is -0.597. The van der Waals surface area contributed by atoms with Crippen LogP contribution in [0.2, 0.25) is 5.02 Å². The van der Waals surface area contributed by atoms with Gasteiger partial charge in [0.25, 0.3) is 0 Å². The van der Waals surface area contributed by atoms with Crippen LogP contribution in [0.4, 0.5) is 9.18 Å². The van der Waals surface area contributed by atoms with Gasteiger partial charge >= 0.3 is 6.03 Å². The van der Waals surface area contributed by atoms with Crippen LogP contribution in [-0.4, -0.2) is 22.7 Å². The van der Waals surface area contributed by atoms with Crippen molar-refractivity contribution in [1.29, 1.82) is 0 Å². The molecule has 0 aliphatic carbocycles. The van der Waals surface area contributed by atoms with Crippen molar-refractivity contribution < 1.29 is 14.3 Å². The van der Waals surface area contributed by atoms with E-state index < -0.39 is 17.9 Å². The first-order chi connectivity index (χ1) is 10.5. The van der Waals surface area contributed by atoms with Crippen molar-refractivity contribution in [2.75, 3.05) is 6.61 Å². The van der Waals surface area contributed by atoms with Crippen molar-refractivity contribution in [2.24, 2.45) is 0 Å². The Balaban J connectivity index is 1.95. The van der Waals surface area contributed by atoms with Gasteiger partial charge in [-0.1, -0.05) is 17.7 Å². The molecule has 0 fully saturated rings. The van der Waals surface area contributed by atoms with Crippen molar-refractivity contribution in [3.63, 3.8) is 0 Å². The molecule has 22 heavy (non-hydrogen) atoms. The molecular weight excluding hydrogens is 329 g/mol. The van der Waals surface area contributed by atoms with Crippen LogP contribution >= 0.6 is 22.9 Å². The standard InChI is InChI=1S/C14H15ClFN3O2S/c1-8-13(22-7-18-8)5-17-14(21)19-12(6-20)9-2-3-10(15)11(16)4-9/h2-4,7,12,20H,5-6H2,1H3,(H2,17,19,21). The Bertz CT molecular complexity index is 665. The molecule has 0 saturated carbocycles. The van der Waals surface area contributed by atoms with Gasteiger partial charge in [0.2, 0.25) is 0 Å². The van der Waals surface area contributed by atoms with E-state index in [-0.39, 0.29) is 11.6 Å². The Morgan fingerprint density at radius 3 is 2.91 bits per heavy atom. The molecule has 0 radical (unpaired) electrons. The van der Waals surface area contributed by atoms with Crippen molar-refractivity contribution in [3.8, 4) is 0 Å². The highest BCUT2D eigenvalue weighted by atomic mass is 35.5. The predicted octanol–water partition coefficient (Wildman–Crippen LogP) is 2.78. The lowest BCUT2D eigenvalue weighted by Gasteiger charge is -2.17. The van der Waals surface area contributed by atoms with Gasteiger partial charge in [-0.25, -0.2) is 14.2 Å². The number of rotatable bonds is 5. The average Bonchev–Trinajstić information content (AvgIpc) is 2.91. The average molecular weight is 344 g/mol. The lowest BCUT2D eigenvalue weighted by molar-refractivity contribution is 0.216. The SMILES string of the molecule is Cc1ncsc1CNC(=O)NC(CO)c1ccc(Cl)c(F)c1. The van der Waals surface area contributed by atoms with E-state index in [1.54, 1.807) is 11.6 Å². The maximum atomic E-state index is 13.4. The number of carbonyl (C=O) groups is 1. The third-order valence-electron chi connectivity index (χ3n) is 3.09. The smallest absolute Gasteiger partial charge is 0.315 e. The summed E-state index contributed by atoms with van der Waals surface area (Å²) < 4.78 is 13.4. The van der Waals surface area contributed by atoms with Crippen LogP contribution in [0.5, 0.6) is 0 Å². The van der Waals surface area contributed by atoms with E-state index in [0.717, 1.165) is 10.6 Å². The van der Waals surface area contributed by atoms with E-state index in [4.69, 9.17) is 11.6 Å². The van der Waals surface area contributed by atoms with E-state index in [1.807, 2.05) is 6.92 Å². The summed E-state index contributed by atoms with van der Waals surface area (Å²) in [6.07, 6.45) is 0. The lowest BCUT2D eigenvalue weighted by Crippen LogP contribution is -2.38. The van der Waals surface area contributed by atoms with Crippen LogP contribution in [0, 0.1) is 12.7 Å². The van der Waals surface area contributed by atoms with Crippen LogP contribution in [0.15, 0.2) is 23.7 Å². The minimum Gasteiger partial charge on any atom is -0.394 e. The molecule has 0 aliphatic heterocycles. The fourth-order valence-corrected chi connectivity index (χ4v) is 2.66. The van der Waals surface area contributed by atoms with Gasteiger partial charge in [-0.15, -0.1) is 11.3 Å². The second kappa shape index (κ2) is 7.53. The zero-order valence-corrected chi connectivity index (χ0v) is 13.3. The Morgan fingerprint density at radius 2 is 2.32 bits per heavy atom. The van der Waals surface area contributed by atoms with E-state index in [2.05, 4.69) is 15.6 Å². The molecule has 2 aromatic rings. The molecule has 5 nitrogen and oxygen atoms in total. The molecule has 118 valence electrons. The molecule has 0 aliphatic rings. The third-order valence-corrected chi connectivity index (χ3v) is 4.33. The number of hydrogen-bond acceptors (Lipinski definition) is 4. The van der Waals surface area contributed by atoms with E-state index in [0.29, 0.717) is 12.1 Å². The Labute approximate surface area is 136 Å². The topological polar surface area (TPSA) is 74.2 Å². The van der Waals surface area contributed by atoms with Gasteiger partial charge in [0.05, 0.1) is 35.4 Å². The van der Waals surface area contributed by atoms with Gasteiger partial charge in [-0.05, 0) is 24.6 Å². The first kappa shape index (κ1) is 16.7. The monoisotopic (exact) mass is 343 g/mol. The number of amides is 2. The number of thiazole rings is 1. The number of aromatic nitrogens is 1. The van der Waals surface area contributed by atoms with Crippen molar-refractivity contribution in [1.82, 2.24) is 15.6 Å². The molecule has 2 amide bonds. The van der Waals surface area contributed by atoms with E-state index in [9.17, 15) is 14.3 Å². The normalized spacial score (nSPS) is 12.0. The molecule has 0 saturated heterocycles. The molecule has 0 spiro atoms. The number of aliphatic hydroxyl groups is 1. The highest BCUT2D eigenvalue weighted by molar-refractivity contribution is 7.09. The summed E-state index contributed by atoms with van der Waals surface area (Å²) in [7, 11) is 0. The maximum absolute atomic E-state index is 13.4. The second-order valence-corrected chi connectivity index (χ2v) is 5.94. The molecule has 2 rings (SSSR count). The number of hydrogen-bond donors (Lipinski definition) is 3. The first-order valence-corrected chi connectivity index (χ1v) is 7.76. The lowest BCUT2D eigenvalue weighted by atomic mass is 10.1. The number of aliphatic hydroxyl groups excluding tert-OH is 1. The largest absolute Gasteiger partial charge is 0.394 e. The molecule has 8 heteroatoms. The first-order valence-electron chi connectivity index (χ1n) is 6.50. The van der Waals surface area contributed by atoms with Gasteiger partial charge in [0.15, 0.2) is 0 Å².